The number of hydrogen-bond donors (Lipinski definition) is 4. The van der Waals surface area contributed by atoms with Crippen LogP contribution in [-0.2, 0) is 6.54 Å². The summed E-state index contributed by atoms with van der Waals surface area (Å²) in [6.07, 6.45) is 0.0242. The molecule has 1 saturated heterocycles. The predicted octanol–water partition coefficient (Wildman–Crippen LogP) is 2.08. The maximum Gasteiger partial charge on any atom is 0.264 e. The summed E-state index contributed by atoms with van der Waals surface area (Å²) in [5, 5.41) is 25.6. The van der Waals surface area contributed by atoms with Gasteiger partial charge < -0.3 is 19.9 Å². The number of anilines is 1. The Bertz CT molecular complexity index is 1210. The van der Waals surface area contributed by atoms with Crippen molar-refractivity contribution in [1.82, 2.24) is 15.2 Å². The number of imide groups is 1. The van der Waals surface area contributed by atoms with Gasteiger partial charge in [-0.25, -0.2) is 9.37 Å². The lowest BCUT2D eigenvalue weighted by molar-refractivity contribution is -0.0413. The Hall–Kier alpha value is -3.60. The largest absolute Gasteiger partial charge is 0.439 e. The second-order valence-electron chi connectivity index (χ2n) is 7.97. The average Bonchev–Trinajstić information content (AvgIpc) is 3.37. The quantitative estimate of drug-likeness (QED) is 0.433. The van der Waals surface area contributed by atoms with Crippen molar-refractivity contribution in [2.75, 3.05) is 5.32 Å². The van der Waals surface area contributed by atoms with Crippen LogP contribution in [0.2, 0.25) is 0 Å². The van der Waals surface area contributed by atoms with Crippen LogP contribution in [0.4, 0.5) is 10.1 Å². The highest BCUT2D eigenvalue weighted by atomic mass is 19.1. The van der Waals surface area contributed by atoms with Crippen LogP contribution in [0.5, 0.6) is 0 Å². The highest BCUT2D eigenvalue weighted by molar-refractivity contribution is 6.24. The first-order valence-electron chi connectivity index (χ1n) is 10.5. The number of oxazole rings is 1. The summed E-state index contributed by atoms with van der Waals surface area (Å²) in [6.45, 7) is 0.200. The third-order valence-electron chi connectivity index (χ3n) is 5.84. The van der Waals surface area contributed by atoms with E-state index in [-0.39, 0.29) is 29.9 Å². The topological polar surface area (TPSA) is 128 Å². The van der Waals surface area contributed by atoms with Gasteiger partial charge in [0.25, 0.3) is 11.8 Å². The van der Waals surface area contributed by atoms with Crippen LogP contribution in [0.15, 0.2) is 53.1 Å². The Balaban J connectivity index is 1.34. The number of carbonyl (C=O) groups excluding carboxylic acids is 2. The lowest BCUT2D eigenvalue weighted by atomic mass is 10.0. The molecule has 2 aliphatic rings. The standard InChI is InChI=1S/C23H21FN4O5/c24-13-6-4-12(5-7-13)21-26-11-14(33-21)10-25-16-3-1-2-15-19(16)23(32)28(22(15)31)17-8-9-18(29)27-20(17)30/h1-7,11,17-18,20,25,27,29-30H,8-10H2. The summed E-state index contributed by atoms with van der Waals surface area (Å²) in [5.41, 5.74) is 1.54. The minimum Gasteiger partial charge on any atom is -0.439 e. The number of aliphatic hydroxyl groups excluding tert-OH is 2. The number of aromatic nitrogens is 1. The number of aliphatic hydroxyl groups is 2. The smallest absolute Gasteiger partial charge is 0.264 e. The van der Waals surface area contributed by atoms with E-state index < -0.39 is 30.3 Å². The van der Waals surface area contributed by atoms with Gasteiger partial charge in [-0.3, -0.25) is 19.8 Å². The van der Waals surface area contributed by atoms with E-state index in [0.717, 1.165) is 4.90 Å². The van der Waals surface area contributed by atoms with Crippen molar-refractivity contribution in [1.29, 1.82) is 0 Å². The molecule has 1 fully saturated rings. The molecule has 2 aliphatic heterocycles. The zero-order chi connectivity index (χ0) is 23.1. The molecule has 0 radical (unpaired) electrons. The number of nitrogens with zero attached hydrogens (tertiary/aromatic N) is 2. The van der Waals surface area contributed by atoms with E-state index >= 15 is 0 Å². The summed E-state index contributed by atoms with van der Waals surface area (Å²) in [7, 11) is 0. The highest BCUT2D eigenvalue weighted by Gasteiger charge is 2.45. The van der Waals surface area contributed by atoms with E-state index in [1.165, 1.54) is 18.3 Å². The van der Waals surface area contributed by atoms with E-state index in [0.29, 0.717) is 29.3 Å². The molecular formula is C23H21FN4O5. The third-order valence-corrected chi connectivity index (χ3v) is 5.84. The molecule has 0 saturated carbocycles. The van der Waals surface area contributed by atoms with Gasteiger partial charge in [0, 0.05) is 11.3 Å². The number of piperidine rings is 1. The molecule has 9 nitrogen and oxygen atoms in total. The monoisotopic (exact) mass is 452 g/mol. The molecule has 0 spiro atoms. The average molecular weight is 452 g/mol. The molecule has 3 heterocycles. The summed E-state index contributed by atoms with van der Waals surface area (Å²) in [6, 6.07) is 9.91. The van der Waals surface area contributed by atoms with E-state index in [4.69, 9.17) is 4.42 Å². The number of hydrogen-bond acceptors (Lipinski definition) is 8. The number of benzene rings is 2. The summed E-state index contributed by atoms with van der Waals surface area (Å²) in [4.78, 5) is 31.4. The van der Waals surface area contributed by atoms with Crippen molar-refractivity contribution in [2.45, 2.75) is 37.9 Å². The second-order valence-corrected chi connectivity index (χ2v) is 7.97. The first-order valence-corrected chi connectivity index (χ1v) is 10.5. The molecule has 170 valence electrons. The number of halogens is 1. The Morgan fingerprint density at radius 3 is 2.67 bits per heavy atom. The molecule has 2 aromatic carbocycles. The number of fused-ring (bicyclic) bond motifs is 1. The van der Waals surface area contributed by atoms with Crippen molar-refractivity contribution in [3.8, 4) is 11.5 Å². The van der Waals surface area contributed by atoms with Crippen molar-refractivity contribution in [3.63, 3.8) is 0 Å². The molecule has 33 heavy (non-hydrogen) atoms. The second kappa shape index (κ2) is 8.39. The molecule has 2 amide bonds. The Morgan fingerprint density at radius 1 is 1.12 bits per heavy atom. The van der Waals surface area contributed by atoms with Crippen molar-refractivity contribution >= 4 is 17.5 Å². The minimum atomic E-state index is -1.22. The molecule has 0 bridgehead atoms. The van der Waals surface area contributed by atoms with Crippen molar-refractivity contribution in [3.05, 3.63) is 71.4 Å². The first kappa shape index (κ1) is 21.3. The zero-order valence-corrected chi connectivity index (χ0v) is 17.4. The van der Waals surface area contributed by atoms with Gasteiger partial charge in [0.05, 0.1) is 29.9 Å². The molecule has 3 atom stereocenters. The van der Waals surface area contributed by atoms with Gasteiger partial charge in [-0.15, -0.1) is 0 Å². The Labute approximate surface area is 187 Å². The first-order chi connectivity index (χ1) is 15.9. The van der Waals surface area contributed by atoms with Crippen LogP contribution in [-0.4, -0.2) is 50.4 Å². The van der Waals surface area contributed by atoms with Crippen molar-refractivity contribution < 1.29 is 28.6 Å². The van der Waals surface area contributed by atoms with Gasteiger partial charge in [-0.1, -0.05) is 6.07 Å². The van der Waals surface area contributed by atoms with Crippen LogP contribution in [0.25, 0.3) is 11.5 Å². The minimum absolute atomic E-state index is 0.200. The lowest BCUT2D eigenvalue weighted by Gasteiger charge is -2.36. The van der Waals surface area contributed by atoms with E-state index in [1.807, 2.05) is 0 Å². The normalized spacial score (nSPS) is 22.5. The lowest BCUT2D eigenvalue weighted by Crippen LogP contribution is -2.58. The van der Waals surface area contributed by atoms with Crippen LogP contribution in [0.1, 0.15) is 39.3 Å². The molecule has 4 N–H and O–H groups in total. The molecule has 10 heteroatoms. The van der Waals surface area contributed by atoms with Gasteiger partial charge in [0.2, 0.25) is 5.89 Å². The molecule has 1 aromatic heterocycles. The van der Waals surface area contributed by atoms with Gasteiger partial charge >= 0.3 is 0 Å². The maximum absolute atomic E-state index is 13.2. The number of nitrogens with one attached hydrogen (secondary N) is 2. The molecular weight excluding hydrogens is 431 g/mol. The molecule has 3 aromatic rings. The van der Waals surface area contributed by atoms with Gasteiger partial charge in [-0.05, 0) is 49.2 Å². The number of amides is 2. The van der Waals surface area contributed by atoms with Crippen LogP contribution < -0.4 is 10.6 Å². The fourth-order valence-corrected chi connectivity index (χ4v) is 4.20. The van der Waals surface area contributed by atoms with Crippen molar-refractivity contribution in [2.24, 2.45) is 0 Å². The number of rotatable bonds is 5. The van der Waals surface area contributed by atoms with Crippen LogP contribution >= 0.6 is 0 Å². The van der Waals surface area contributed by atoms with Crippen LogP contribution in [0.3, 0.4) is 0 Å². The predicted molar refractivity (Wildman–Crippen MR) is 114 cm³/mol. The Kier molecular flexibility index (Phi) is 5.41. The van der Waals surface area contributed by atoms with E-state index in [1.54, 1.807) is 30.3 Å². The van der Waals surface area contributed by atoms with Gasteiger partial charge in [0.15, 0.2) is 0 Å². The van der Waals surface area contributed by atoms with E-state index in [9.17, 15) is 24.2 Å². The number of carbonyl (C=O) groups is 2. The highest BCUT2D eigenvalue weighted by Crippen LogP contribution is 2.33. The van der Waals surface area contributed by atoms with Gasteiger partial charge in [-0.2, -0.15) is 0 Å². The van der Waals surface area contributed by atoms with Gasteiger partial charge in [0.1, 0.15) is 24.0 Å². The zero-order valence-electron chi connectivity index (χ0n) is 17.4. The summed E-state index contributed by atoms with van der Waals surface area (Å²) >= 11 is 0. The molecule has 5 rings (SSSR count). The van der Waals surface area contributed by atoms with Crippen LogP contribution in [0, 0.1) is 5.82 Å². The fraction of sp³-hybridized carbons (Fsp3) is 0.261. The molecule has 0 aliphatic carbocycles. The fourth-order valence-electron chi connectivity index (χ4n) is 4.20. The SMILES string of the molecule is O=C1c2cccc(NCc3cnc(-c4ccc(F)cc4)o3)c2C(=O)N1C1CCC(O)NC1O. The summed E-state index contributed by atoms with van der Waals surface area (Å²) in [5.74, 6) is -0.528. The Morgan fingerprint density at radius 2 is 1.91 bits per heavy atom. The summed E-state index contributed by atoms with van der Waals surface area (Å²) < 4.78 is 18.8. The molecule has 3 unspecified atom stereocenters. The van der Waals surface area contributed by atoms with E-state index in [2.05, 4.69) is 15.6 Å². The third kappa shape index (κ3) is 3.88. The maximum atomic E-state index is 13.2.